The number of nitrogens with one attached hydrogen (secondary N) is 1. The molecule has 0 saturated heterocycles. The van der Waals surface area contributed by atoms with Gasteiger partial charge in [0.15, 0.2) is 0 Å². The number of nitrogens with zero attached hydrogens (tertiary/aromatic N) is 4. The van der Waals surface area contributed by atoms with Crippen molar-refractivity contribution in [2.75, 3.05) is 6.61 Å². The highest BCUT2D eigenvalue weighted by molar-refractivity contribution is 5.84. The second-order valence-electron chi connectivity index (χ2n) is 4.06. The number of hydrogen-bond donors (Lipinski definition) is 2. The predicted octanol–water partition coefficient (Wildman–Crippen LogP) is 1.07. The minimum Gasteiger partial charge on any atom is -0.396 e. The van der Waals surface area contributed by atoms with Gasteiger partial charge in [0, 0.05) is 24.4 Å². The molecule has 6 nitrogen and oxygen atoms in total. The second-order valence-corrected chi connectivity index (χ2v) is 4.06. The quantitative estimate of drug-likeness (QED) is 0.718. The molecule has 92 valence electrons. The number of pyridine rings is 1. The number of aliphatic hydroxyl groups excluding tert-OH is 1. The maximum Gasteiger partial charge on any atom is 0.139 e. The Bertz CT molecular complexity index is 657. The summed E-state index contributed by atoms with van der Waals surface area (Å²) in [4.78, 5) is 7.33. The Balaban J connectivity index is 1.96. The van der Waals surface area contributed by atoms with Gasteiger partial charge in [-0.3, -0.25) is 0 Å². The van der Waals surface area contributed by atoms with Gasteiger partial charge in [0.2, 0.25) is 0 Å². The van der Waals surface area contributed by atoms with E-state index in [0.717, 1.165) is 28.8 Å². The maximum absolute atomic E-state index is 8.79. The highest BCUT2D eigenvalue weighted by Gasteiger charge is 2.08. The molecule has 3 aromatic heterocycles. The van der Waals surface area contributed by atoms with Crippen LogP contribution >= 0.6 is 0 Å². The summed E-state index contributed by atoms with van der Waals surface area (Å²) in [5.74, 6) is 0. The summed E-state index contributed by atoms with van der Waals surface area (Å²) >= 11 is 0. The van der Waals surface area contributed by atoms with Crippen molar-refractivity contribution in [2.45, 2.75) is 12.8 Å². The topological polar surface area (TPSA) is 79.6 Å². The summed E-state index contributed by atoms with van der Waals surface area (Å²) < 4.78 is 1.73. The van der Waals surface area contributed by atoms with E-state index in [1.165, 1.54) is 0 Å². The molecule has 3 aromatic rings. The fourth-order valence-corrected chi connectivity index (χ4v) is 1.92. The third-order valence-electron chi connectivity index (χ3n) is 2.81. The minimum atomic E-state index is 0.171. The minimum absolute atomic E-state index is 0.171. The molecule has 18 heavy (non-hydrogen) atoms. The molecule has 6 heteroatoms. The van der Waals surface area contributed by atoms with Crippen molar-refractivity contribution in [3.63, 3.8) is 0 Å². The SMILES string of the molecule is OCCCc1cn(-c2c[nH]c3ncccc23)nn1. The lowest BCUT2D eigenvalue weighted by atomic mass is 10.2. The van der Waals surface area contributed by atoms with Crippen LogP contribution in [0.3, 0.4) is 0 Å². The number of hydrogen-bond acceptors (Lipinski definition) is 4. The van der Waals surface area contributed by atoms with Crippen LogP contribution in [0.15, 0.2) is 30.7 Å². The Hall–Kier alpha value is -2.21. The first-order chi connectivity index (χ1) is 8.88. The third kappa shape index (κ3) is 1.86. The molecule has 0 aliphatic carbocycles. The molecule has 0 atom stereocenters. The average Bonchev–Trinajstić information content (AvgIpc) is 3.02. The molecule has 3 heterocycles. The van der Waals surface area contributed by atoms with Gasteiger partial charge in [-0.25, -0.2) is 9.67 Å². The first kappa shape index (κ1) is 10.9. The Labute approximate surface area is 103 Å². The highest BCUT2D eigenvalue weighted by Crippen LogP contribution is 2.19. The monoisotopic (exact) mass is 243 g/mol. The molecular weight excluding hydrogens is 230 g/mol. The number of aromatic amines is 1. The van der Waals surface area contributed by atoms with Crippen LogP contribution in [0.4, 0.5) is 0 Å². The first-order valence-electron chi connectivity index (χ1n) is 5.83. The Kier molecular flexibility index (Phi) is 2.77. The van der Waals surface area contributed by atoms with Gasteiger partial charge in [0.05, 0.1) is 17.6 Å². The van der Waals surface area contributed by atoms with E-state index in [1.807, 2.05) is 24.5 Å². The van der Waals surface area contributed by atoms with Crippen molar-refractivity contribution in [3.8, 4) is 5.69 Å². The maximum atomic E-state index is 8.79. The molecule has 0 aliphatic heterocycles. The summed E-state index contributed by atoms with van der Waals surface area (Å²) in [5.41, 5.74) is 2.64. The lowest BCUT2D eigenvalue weighted by Gasteiger charge is -1.96. The number of aryl methyl sites for hydroxylation is 1. The van der Waals surface area contributed by atoms with Crippen molar-refractivity contribution in [1.29, 1.82) is 0 Å². The van der Waals surface area contributed by atoms with E-state index >= 15 is 0 Å². The first-order valence-corrected chi connectivity index (χ1v) is 5.83. The predicted molar refractivity (Wildman–Crippen MR) is 66.4 cm³/mol. The smallest absolute Gasteiger partial charge is 0.139 e. The molecule has 0 amide bonds. The van der Waals surface area contributed by atoms with Gasteiger partial charge < -0.3 is 10.1 Å². The second kappa shape index (κ2) is 4.58. The highest BCUT2D eigenvalue weighted by atomic mass is 16.2. The van der Waals surface area contributed by atoms with E-state index in [0.29, 0.717) is 6.42 Å². The molecule has 0 spiro atoms. The molecular formula is C12H13N5O. The van der Waals surface area contributed by atoms with Gasteiger partial charge in [-0.2, -0.15) is 0 Å². The van der Waals surface area contributed by atoms with E-state index in [-0.39, 0.29) is 6.61 Å². The van der Waals surface area contributed by atoms with Gasteiger partial charge in [0.25, 0.3) is 0 Å². The van der Waals surface area contributed by atoms with Crippen LogP contribution in [0, 0.1) is 0 Å². The van der Waals surface area contributed by atoms with Gasteiger partial charge in [-0.05, 0) is 25.0 Å². The van der Waals surface area contributed by atoms with Crippen molar-refractivity contribution in [3.05, 3.63) is 36.4 Å². The van der Waals surface area contributed by atoms with Gasteiger partial charge in [-0.15, -0.1) is 5.10 Å². The van der Waals surface area contributed by atoms with E-state index < -0.39 is 0 Å². The lowest BCUT2D eigenvalue weighted by Crippen LogP contribution is -1.93. The summed E-state index contributed by atoms with van der Waals surface area (Å²) in [7, 11) is 0. The van der Waals surface area contributed by atoms with Crippen LogP contribution in [0.25, 0.3) is 16.7 Å². The largest absolute Gasteiger partial charge is 0.396 e. The Morgan fingerprint density at radius 2 is 2.33 bits per heavy atom. The van der Waals surface area contributed by atoms with Crippen LogP contribution in [-0.2, 0) is 6.42 Å². The van der Waals surface area contributed by atoms with Crippen LogP contribution < -0.4 is 0 Å². The fraction of sp³-hybridized carbons (Fsp3) is 0.250. The summed E-state index contributed by atoms with van der Waals surface area (Å²) in [6.07, 6.45) is 6.93. The molecule has 0 unspecified atom stereocenters. The summed E-state index contributed by atoms with van der Waals surface area (Å²) in [6.45, 7) is 0.171. The average molecular weight is 243 g/mol. The molecule has 0 radical (unpaired) electrons. The van der Waals surface area contributed by atoms with E-state index in [2.05, 4.69) is 20.3 Å². The Morgan fingerprint density at radius 1 is 1.39 bits per heavy atom. The molecule has 0 aliphatic rings. The van der Waals surface area contributed by atoms with Gasteiger partial charge in [0.1, 0.15) is 5.65 Å². The van der Waals surface area contributed by atoms with E-state index in [1.54, 1.807) is 10.9 Å². The van der Waals surface area contributed by atoms with Crippen molar-refractivity contribution in [2.24, 2.45) is 0 Å². The van der Waals surface area contributed by atoms with Crippen molar-refractivity contribution in [1.82, 2.24) is 25.0 Å². The van der Waals surface area contributed by atoms with Gasteiger partial charge >= 0.3 is 0 Å². The lowest BCUT2D eigenvalue weighted by molar-refractivity contribution is 0.288. The molecule has 3 rings (SSSR count). The normalized spacial score (nSPS) is 11.2. The van der Waals surface area contributed by atoms with Crippen LogP contribution in [0.1, 0.15) is 12.1 Å². The van der Waals surface area contributed by atoms with Crippen molar-refractivity contribution < 1.29 is 5.11 Å². The zero-order chi connectivity index (χ0) is 12.4. The van der Waals surface area contributed by atoms with E-state index in [9.17, 15) is 0 Å². The van der Waals surface area contributed by atoms with E-state index in [4.69, 9.17) is 5.11 Å². The number of rotatable bonds is 4. The molecule has 2 N–H and O–H groups in total. The van der Waals surface area contributed by atoms with Crippen molar-refractivity contribution >= 4 is 11.0 Å². The number of H-pyrrole nitrogens is 1. The summed E-state index contributed by atoms with van der Waals surface area (Å²) in [6, 6.07) is 3.88. The zero-order valence-corrected chi connectivity index (χ0v) is 9.74. The molecule has 0 fully saturated rings. The summed E-state index contributed by atoms with van der Waals surface area (Å²) in [5, 5.41) is 18.0. The third-order valence-corrected chi connectivity index (χ3v) is 2.81. The zero-order valence-electron chi connectivity index (χ0n) is 9.74. The standard InChI is InChI=1S/C12H13N5O/c18-6-2-3-9-8-17(16-15-9)11-7-14-12-10(11)4-1-5-13-12/h1,4-5,7-8,18H,2-3,6H2,(H,13,14). The number of aliphatic hydroxyl groups is 1. The fourth-order valence-electron chi connectivity index (χ4n) is 1.92. The number of aromatic nitrogens is 5. The Morgan fingerprint density at radius 3 is 3.22 bits per heavy atom. The molecule has 0 aromatic carbocycles. The van der Waals surface area contributed by atoms with Crippen LogP contribution in [0.5, 0.6) is 0 Å². The van der Waals surface area contributed by atoms with Crippen LogP contribution in [-0.4, -0.2) is 36.7 Å². The molecule has 0 bridgehead atoms. The van der Waals surface area contributed by atoms with Crippen LogP contribution in [0.2, 0.25) is 0 Å². The number of fused-ring (bicyclic) bond motifs is 1. The van der Waals surface area contributed by atoms with Gasteiger partial charge in [-0.1, -0.05) is 5.21 Å². The molecule has 0 saturated carbocycles.